The minimum absolute atomic E-state index is 0.103. The van der Waals surface area contributed by atoms with Crippen LogP contribution in [0.15, 0.2) is 23.3 Å². The van der Waals surface area contributed by atoms with E-state index in [1.807, 2.05) is 19.9 Å². The molecule has 0 unspecified atom stereocenters. The zero-order valence-corrected chi connectivity index (χ0v) is 7.68. The number of hydrogen-bond donors (Lipinski definition) is 1. The van der Waals surface area contributed by atoms with Gasteiger partial charge in [-0.2, -0.15) is 0 Å². The summed E-state index contributed by atoms with van der Waals surface area (Å²) in [6.45, 7) is 4.78. The fourth-order valence-corrected chi connectivity index (χ4v) is 1.41. The maximum absolute atomic E-state index is 11.0. The van der Waals surface area contributed by atoms with Gasteiger partial charge in [0.05, 0.1) is 0 Å². The lowest BCUT2D eigenvalue weighted by Gasteiger charge is -2.03. The van der Waals surface area contributed by atoms with E-state index in [9.17, 15) is 4.79 Å². The van der Waals surface area contributed by atoms with Crippen LogP contribution in [0.2, 0.25) is 0 Å². The van der Waals surface area contributed by atoms with Crippen LogP contribution in [0.25, 0.3) is 0 Å². The van der Waals surface area contributed by atoms with Crippen molar-refractivity contribution < 1.29 is 4.79 Å². The summed E-state index contributed by atoms with van der Waals surface area (Å²) < 4.78 is 0. The van der Waals surface area contributed by atoms with Crippen LogP contribution in [0.5, 0.6) is 0 Å². The van der Waals surface area contributed by atoms with Crippen molar-refractivity contribution in [2.24, 2.45) is 0 Å². The summed E-state index contributed by atoms with van der Waals surface area (Å²) in [5.74, 6) is 0.103. The molecule has 0 saturated carbocycles. The predicted octanol–water partition coefficient (Wildman–Crippen LogP) is 1.79. The minimum atomic E-state index is 0.103. The molecule has 0 aromatic carbocycles. The first-order valence-corrected chi connectivity index (χ1v) is 4.55. The van der Waals surface area contributed by atoms with Gasteiger partial charge in [-0.3, -0.25) is 4.79 Å². The number of carbonyl (C=O) groups is 1. The normalized spacial score (nSPS) is 19.7. The minimum Gasteiger partial charge on any atom is -0.348 e. The van der Waals surface area contributed by atoms with Crippen molar-refractivity contribution in [3.63, 3.8) is 0 Å². The van der Waals surface area contributed by atoms with E-state index in [0.29, 0.717) is 0 Å². The summed E-state index contributed by atoms with van der Waals surface area (Å²) in [5.41, 5.74) is 2.19. The van der Waals surface area contributed by atoms with E-state index in [0.717, 1.165) is 25.0 Å². The zero-order valence-electron chi connectivity index (χ0n) is 7.68. The number of carbonyl (C=O) groups excluding carboxylic acids is 1. The van der Waals surface area contributed by atoms with Gasteiger partial charge in [-0.25, -0.2) is 0 Å². The van der Waals surface area contributed by atoms with Gasteiger partial charge in [0.25, 0.3) is 5.91 Å². The van der Waals surface area contributed by atoms with Gasteiger partial charge < -0.3 is 5.32 Å². The second kappa shape index (κ2) is 4.10. The van der Waals surface area contributed by atoms with Crippen molar-refractivity contribution >= 4 is 5.91 Å². The Morgan fingerprint density at radius 1 is 1.42 bits per heavy atom. The van der Waals surface area contributed by atoms with Crippen molar-refractivity contribution in [3.05, 3.63) is 23.3 Å². The molecule has 2 aliphatic rings. The van der Waals surface area contributed by atoms with E-state index < -0.39 is 0 Å². The van der Waals surface area contributed by atoms with Crippen molar-refractivity contribution in [3.8, 4) is 0 Å². The Bertz CT molecular complexity index is 234. The molecule has 0 bridgehead atoms. The van der Waals surface area contributed by atoms with Gasteiger partial charge >= 0.3 is 0 Å². The summed E-state index contributed by atoms with van der Waals surface area (Å²) in [7, 11) is 0. The van der Waals surface area contributed by atoms with E-state index in [-0.39, 0.29) is 5.91 Å². The topological polar surface area (TPSA) is 29.1 Å². The van der Waals surface area contributed by atoms with Gasteiger partial charge in [0, 0.05) is 12.1 Å². The molecule has 0 spiro atoms. The number of nitrogens with one attached hydrogen (secondary N) is 1. The molecule has 2 heteroatoms. The van der Waals surface area contributed by atoms with E-state index in [4.69, 9.17) is 0 Å². The third kappa shape index (κ3) is 1.58. The predicted molar refractivity (Wildman–Crippen MR) is 49.8 cm³/mol. The summed E-state index contributed by atoms with van der Waals surface area (Å²) in [5, 5.41) is 2.80. The van der Waals surface area contributed by atoms with Crippen LogP contribution in [0.4, 0.5) is 0 Å². The average Bonchev–Trinajstić information content (AvgIpc) is 2.53. The average molecular weight is 165 g/mol. The molecule has 0 aromatic heterocycles. The van der Waals surface area contributed by atoms with Gasteiger partial charge in [-0.05, 0) is 18.4 Å². The molecule has 2 nitrogen and oxygen atoms in total. The Labute approximate surface area is 73.4 Å². The fourth-order valence-electron chi connectivity index (χ4n) is 1.41. The maximum atomic E-state index is 11.0. The lowest BCUT2D eigenvalue weighted by Crippen LogP contribution is -2.16. The largest absolute Gasteiger partial charge is 0.348 e. The summed E-state index contributed by atoms with van der Waals surface area (Å²) in [6.07, 6.45) is 6.14. The van der Waals surface area contributed by atoms with E-state index in [1.165, 1.54) is 5.57 Å². The fraction of sp³-hybridized carbons (Fsp3) is 0.500. The standard InChI is InChI=1S/C8H9NO.C2H6/c10-8-7-4-2-1-3-6(7)5-9-8;1-2/h2,4H,1,3,5H2,(H,9,10);1-2H3. The molecule has 66 valence electrons. The molecule has 0 radical (unpaired) electrons. The first-order valence-electron chi connectivity index (χ1n) is 4.55. The van der Waals surface area contributed by atoms with Gasteiger partial charge in [0.2, 0.25) is 0 Å². The van der Waals surface area contributed by atoms with Gasteiger partial charge in [0.1, 0.15) is 0 Å². The van der Waals surface area contributed by atoms with Crippen LogP contribution < -0.4 is 5.32 Å². The summed E-state index contributed by atoms with van der Waals surface area (Å²) >= 11 is 0. The molecule has 0 fully saturated rings. The van der Waals surface area contributed by atoms with Crippen LogP contribution >= 0.6 is 0 Å². The Morgan fingerprint density at radius 2 is 2.17 bits per heavy atom. The number of rotatable bonds is 0. The highest BCUT2D eigenvalue weighted by Crippen LogP contribution is 2.21. The van der Waals surface area contributed by atoms with E-state index in [1.54, 1.807) is 0 Å². The quantitative estimate of drug-likeness (QED) is 0.582. The van der Waals surface area contributed by atoms with Gasteiger partial charge in [-0.15, -0.1) is 0 Å². The molecule has 2 rings (SSSR count). The van der Waals surface area contributed by atoms with Crippen LogP contribution in [-0.4, -0.2) is 12.5 Å². The lowest BCUT2D eigenvalue weighted by atomic mass is 10.0. The van der Waals surface area contributed by atoms with Crippen molar-refractivity contribution in [2.75, 3.05) is 6.54 Å². The first-order chi connectivity index (χ1) is 5.88. The molecule has 1 N–H and O–H groups in total. The second-order valence-corrected chi connectivity index (χ2v) is 2.64. The van der Waals surface area contributed by atoms with E-state index >= 15 is 0 Å². The molecule has 1 heterocycles. The number of amides is 1. The summed E-state index contributed by atoms with van der Waals surface area (Å²) in [4.78, 5) is 11.0. The first kappa shape index (κ1) is 9.04. The van der Waals surface area contributed by atoms with Crippen LogP contribution in [-0.2, 0) is 4.79 Å². The van der Waals surface area contributed by atoms with E-state index in [2.05, 4.69) is 11.4 Å². The molecule has 12 heavy (non-hydrogen) atoms. The Morgan fingerprint density at radius 3 is 2.83 bits per heavy atom. The maximum Gasteiger partial charge on any atom is 0.251 e. The molecule has 0 saturated heterocycles. The Balaban J connectivity index is 0.000000336. The highest BCUT2D eigenvalue weighted by molar-refractivity contribution is 5.99. The van der Waals surface area contributed by atoms with Crippen molar-refractivity contribution in [1.29, 1.82) is 0 Å². The lowest BCUT2D eigenvalue weighted by molar-refractivity contribution is -0.116. The number of allylic oxidation sites excluding steroid dienone is 1. The molecule has 1 aliphatic heterocycles. The SMILES string of the molecule is CC.O=C1NCC2=C1C=CCC2. The number of hydrogen-bond acceptors (Lipinski definition) is 1. The van der Waals surface area contributed by atoms with Crippen molar-refractivity contribution in [2.45, 2.75) is 26.7 Å². The summed E-state index contributed by atoms with van der Waals surface area (Å²) in [6, 6.07) is 0. The van der Waals surface area contributed by atoms with Crippen LogP contribution in [0.1, 0.15) is 26.7 Å². The molecular weight excluding hydrogens is 150 g/mol. The van der Waals surface area contributed by atoms with Gasteiger partial charge in [0.15, 0.2) is 0 Å². The highest BCUT2D eigenvalue weighted by atomic mass is 16.1. The molecule has 0 aromatic rings. The second-order valence-electron chi connectivity index (χ2n) is 2.64. The molecular formula is C10H15NO. The van der Waals surface area contributed by atoms with Crippen LogP contribution in [0.3, 0.4) is 0 Å². The monoisotopic (exact) mass is 165 g/mol. The Hall–Kier alpha value is -1.05. The molecule has 1 amide bonds. The van der Waals surface area contributed by atoms with Gasteiger partial charge in [-0.1, -0.05) is 26.0 Å². The molecule has 1 aliphatic carbocycles. The van der Waals surface area contributed by atoms with Crippen molar-refractivity contribution in [1.82, 2.24) is 5.32 Å². The smallest absolute Gasteiger partial charge is 0.251 e. The Kier molecular flexibility index (Phi) is 3.09. The third-order valence-electron chi connectivity index (χ3n) is 1.99. The highest BCUT2D eigenvalue weighted by Gasteiger charge is 2.20. The molecule has 0 atom stereocenters. The van der Waals surface area contributed by atoms with Crippen LogP contribution in [0, 0.1) is 0 Å². The third-order valence-corrected chi connectivity index (χ3v) is 1.99. The zero-order chi connectivity index (χ0) is 8.97.